The number of carbonyl (C=O) groups excluding carboxylic acids is 1. The minimum atomic E-state index is 0.0731. The number of aryl methyl sites for hydroxylation is 2. The van der Waals surface area contributed by atoms with Gasteiger partial charge in [-0.3, -0.25) is 4.79 Å². The van der Waals surface area contributed by atoms with Gasteiger partial charge in [-0.05, 0) is 43.7 Å². The Hall–Kier alpha value is -1.46. The highest BCUT2D eigenvalue weighted by Crippen LogP contribution is 2.33. The van der Waals surface area contributed by atoms with Crippen molar-refractivity contribution in [1.29, 1.82) is 0 Å². The van der Waals surface area contributed by atoms with Gasteiger partial charge in [0.15, 0.2) is 0 Å². The average molecular weight is 304 g/mol. The minimum absolute atomic E-state index is 0.0731. The Labute approximate surface area is 126 Å². The fourth-order valence-electron chi connectivity index (χ4n) is 2.25. The number of thiophene rings is 1. The molecule has 0 saturated carbocycles. The molecule has 1 aromatic heterocycles. The average Bonchev–Trinajstić information content (AvgIpc) is 2.74. The van der Waals surface area contributed by atoms with E-state index in [-0.39, 0.29) is 5.91 Å². The van der Waals surface area contributed by atoms with Crippen molar-refractivity contribution in [2.75, 3.05) is 16.4 Å². The molecule has 0 bridgehead atoms. The molecule has 2 heterocycles. The molecular weight excluding hydrogens is 288 g/mol. The molecule has 1 aliphatic heterocycles. The highest BCUT2D eigenvalue weighted by Gasteiger charge is 2.15. The molecular formula is C15H16N2OS2. The first-order valence-electron chi connectivity index (χ1n) is 6.48. The number of carbonyl (C=O) groups is 1. The van der Waals surface area contributed by atoms with E-state index in [0.29, 0.717) is 5.75 Å². The molecule has 3 nitrogen and oxygen atoms in total. The summed E-state index contributed by atoms with van der Waals surface area (Å²) in [6.45, 7) is 5.10. The second kappa shape index (κ2) is 5.50. The fraction of sp³-hybridized carbons (Fsp3) is 0.267. The lowest BCUT2D eigenvalue weighted by atomic mass is 10.2. The maximum Gasteiger partial charge on any atom is 0.234 e. The van der Waals surface area contributed by atoms with Gasteiger partial charge in [-0.25, -0.2) is 0 Å². The van der Waals surface area contributed by atoms with Crippen LogP contribution in [-0.4, -0.2) is 11.7 Å². The number of amides is 1. The summed E-state index contributed by atoms with van der Waals surface area (Å²) in [5.41, 5.74) is 3.29. The quantitative estimate of drug-likeness (QED) is 0.900. The number of fused-ring (bicyclic) bond motifs is 1. The smallest absolute Gasteiger partial charge is 0.234 e. The molecule has 5 heteroatoms. The monoisotopic (exact) mass is 304 g/mol. The zero-order chi connectivity index (χ0) is 14.1. The predicted octanol–water partition coefficient (Wildman–Crippen LogP) is 4.02. The van der Waals surface area contributed by atoms with Crippen molar-refractivity contribution in [3.63, 3.8) is 0 Å². The number of hydrogen-bond donors (Lipinski definition) is 2. The number of benzene rings is 1. The Balaban J connectivity index is 1.73. The van der Waals surface area contributed by atoms with Crippen LogP contribution in [0.3, 0.4) is 0 Å². The van der Waals surface area contributed by atoms with Crippen LogP contribution in [0, 0.1) is 13.8 Å². The van der Waals surface area contributed by atoms with Gasteiger partial charge in [0.2, 0.25) is 5.91 Å². The van der Waals surface area contributed by atoms with Crippen molar-refractivity contribution >= 4 is 40.4 Å². The van der Waals surface area contributed by atoms with E-state index in [2.05, 4.69) is 42.7 Å². The van der Waals surface area contributed by atoms with Crippen LogP contribution in [0.5, 0.6) is 0 Å². The van der Waals surface area contributed by atoms with Gasteiger partial charge in [0, 0.05) is 26.9 Å². The lowest BCUT2D eigenvalue weighted by molar-refractivity contribution is -0.113. The molecule has 1 aliphatic rings. The van der Waals surface area contributed by atoms with Crippen molar-refractivity contribution in [2.24, 2.45) is 0 Å². The maximum atomic E-state index is 11.4. The van der Waals surface area contributed by atoms with Crippen LogP contribution in [0.4, 0.5) is 11.4 Å². The Morgan fingerprint density at radius 3 is 2.90 bits per heavy atom. The molecule has 104 valence electrons. The van der Waals surface area contributed by atoms with Crippen LogP contribution in [0.15, 0.2) is 29.2 Å². The Morgan fingerprint density at radius 2 is 2.15 bits per heavy atom. The van der Waals surface area contributed by atoms with Gasteiger partial charge in [-0.1, -0.05) is 0 Å². The number of anilines is 2. The van der Waals surface area contributed by atoms with Crippen LogP contribution >= 0.6 is 23.1 Å². The third kappa shape index (κ3) is 2.83. The van der Waals surface area contributed by atoms with Gasteiger partial charge in [-0.15, -0.1) is 23.1 Å². The molecule has 1 amide bonds. The Bertz CT molecular complexity index is 664. The van der Waals surface area contributed by atoms with Crippen LogP contribution in [0.2, 0.25) is 0 Å². The highest BCUT2D eigenvalue weighted by molar-refractivity contribution is 8.00. The lowest BCUT2D eigenvalue weighted by Gasteiger charge is -2.17. The van der Waals surface area contributed by atoms with Gasteiger partial charge in [0.1, 0.15) is 0 Å². The first-order valence-corrected chi connectivity index (χ1v) is 8.28. The summed E-state index contributed by atoms with van der Waals surface area (Å²) in [5, 5.41) is 6.34. The van der Waals surface area contributed by atoms with E-state index >= 15 is 0 Å². The third-order valence-corrected chi connectivity index (χ3v) is 5.32. The van der Waals surface area contributed by atoms with E-state index in [0.717, 1.165) is 22.8 Å². The molecule has 3 rings (SSSR count). The summed E-state index contributed by atoms with van der Waals surface area (Å²) in [6.07, 6.45) is 0. The second-order valence-electron chi connectivity index (χ2n) is 4.84. The number of nitrogens with one attached hydrogen (secondary N) is 2. The second-order valence-corrected chi connectivity index (χ2v) is 7.32. The standard InChI is InChI=1S/C15H16N2OS2/c1-9-5-11(10(2)20-9)7-16-12-3-4-14-13(6-12)17-15(18)8-19-14/h3-6,16H,7-8H2,1-2H3,(H,17,18). The van der Waals surface area contributed by atoms with Crippen molar-refractivity contribution in [2.45, 2.75) is 25.3 Å². The molecule has 0 spiro atoms. The Morgan fingerprint density at radius 1 is 1.30 bits per heavy atom. The summed E-state index contributed by atoms with van der Waals surface area (Å²) < 4.78 is 0. The topological polar surface area (TPSA) is 41.1 Å². The van der Waals surface area contributed by atoms with Crippen molar-refractivity contribution in [3.8, 4) is 0 Å². The first-order chi connectivity index (χ1) is 9.61. The van der Waals surface area contributed by atoms with Crippen molar-refractivity contribution in [1.82, 2.24) is 0 Å². The number of rotatable bonds is 3. The molecule has 2 N–H and O–H groups in total. The van der Waals surface area contributed by atoms with Crippen LogP contribution in [-0.2, 0) is 11.3 Å². The van der Waals surface area contributed by atoms with Crippen LogP contribution in [0.1, 0.15) is 15.3 Å². The fourth-order valence-corrected chi connectivity index (χ4v) is 3.98. The normalized spacial score (nSPS) is 13.8. The zero-order valence-corrected chi connectivity index (χ0v) is 13.1. The van der Waals surface area contributed by atoms with E-state index < -0.39 is 0 Å². The van der Waals surface area contributed by atoms with E-state index in [4.69, 9.17) is 0 Å². The van der Waals surface area contributed by atoms with Crippen LogP contribution < -0.4 is 10.6 Å². The zero-order valence-electron chi connectivity index (χ0n) is 11.4. The molecule has 0 atom stereocenters. The summed E-state index contributed by atoms with van der Waals surface area (Å²) >= 11 is 3.41. The number of thioether (sulfide) groups is 1. The SMILES string of the molecule is Cc1cc(CNc2ccc3c(c2)NC(=O)CS3)c(C)s1. The van der Waals surface area contributed by atoms with Gasteiger partial charge in [0.25, 0.3) is 0 Å². The summed E-state index contributed by atoms with van der Waals surface area (Å²) in [4.78, 5) is 15.2. The first kappa shape index (κ1) is 13.5. The number of hydrogen-bond acceptors (Lipinski definition) is 4. The molecule has 2 aromatic rings. The molecule has 20 heavy (non-hydrogen) atoms. The maximum absolute atomic E-state index is 11.4. The molecule has 1 aromatic carbocycles. The van der Waals surface area contributed by atoms with Gasteiger partial charge >= 0.3 is 0 Å². The third-order valence-electron chi connectivity index (χ3n) is 3.24. The summed E-state index contributed by atoms with van der Waals surface area (Å²) in [6, 6.07) is 8.36. The molecule has 0 radical (unpaired) electrons. The van der Waals surface area contributed by atoms with Crippen molar-refractivity contribution < 1.29 is 4.79 Å². The minimum Gasteiger partial charge on any atom is -0.381 e. The predicted molar refractivity (Wildman–Crippen MR) is 86.9 cm³/mol. The molecule has 0 fully saturated rings. The van der Waals surface area contributed by atoms with E-state index in [1.807, 2.05) is 17.4 Å². The van der Waals surface area contributed by atoms with Crippen LogP contribution in [0.25, 0.3) is 0 Å². The van der Waals surface area contributed by atoms with Crippen molar-refractivity contribution in [3.05, 3.63) is 39.6 Å². The molecule has 0 unspecified atom stereocenters. The van der Waals surface area contributed by atoms with E-state index in [9.17, 15) is 4.79 Å². The summed E-state index contributed by atoms with van der Waals surface area (Å²) in [5.74, 6) is 0.580. The van der Waals surface area contributed by atoms with E-state index in [1.165, 1.54) is 15.3 Å². The van der Waals surface area contributed by atoms with E-state index in [1.54, 1.807) is 11.8 Å². The lowest BCUT2D eigenvalue weighted by Crippen LogP contribution is -2.18. The largest absolute Gasteiger partial charge is 0.381 e. The summed E-state index contributed by atoms with van der Waals surface area (Å²) in [7, 11) is 0. The molecule has 0 aliphatic carbocycles. The Kier molecular flexibility index (Phi) is 3.72. The highest BCUT2D eigenvalue weighted by atomic mass is 32.2. The van der Waals surface area contributed by atoms with Gasteiger partial charge in [0.05, 0.1) is 11.4 Å². The van der Waals surface area contributed by atoms with Gasteiger partial charge < -0.3 is 10.6 Å². The molecule has 0 saturated heterocycles. The van der Waals surface area contributed by atoms with Gasteiger partial charge in [-0.2, -0.15) is 0 Å².